The van der Waals surface area contributed by atoms with Crippen molar-refractivity contribution >= 4 is 19.8 Å². The number of hydrogen-bond acceptors (Lipinski definition) is 5. The number of fused-ring (bicyclic) bond motifs is 1. The van der Waals surface area contributed by atoms with Crippen LogP contribution in [0.3, 0.4) is 0 Å². The molecule has 0 aromatic heterocycles. The highest BCUT2D eigenvalue weighted by Crippen LogP contribution is 2.36. The van der Waals surface area contributed by atoms with Crippen LogP contribution < -0.4 is 4.74 Å². The summed E-state index contributed by atoms with van der Waals surface area (Å²) in [7, 11) is -6.69. The van der Waals surface area contributed by atoms with Crippen LogP contribution in [0, 0.1) is 0 Å². The molecule has 0 bridgehead atoms. The fraction of sp³-hybridized carbons (Fsp3) is 0.571. The Balaban J connectivity index is 1.98. The van der Waals surface area contributed by atoms with E-state index in [1.165, 1.54) is 6.07 Å². The Kier molecular flexibility index (Phi) is 3.73. The van der Waals surface area contributed by atoms with Gasteiger partial charge in [-0.15, -0.1) is 3.77 Å². The molecule has 0 N–H and O–H groups in total. The van der Waals surface area contributed by atoms with Crippen molar-refractivity contribution in [3.63, 3.8) is 0 Å². The number of benzene rings is 1. The van der Waals surface area contributed by atoms with Crippen molar-refractivity contribution < 1.29 is 22.1 Å². The standard InChI is InChI=1S/C14H19NO5S2/c1-14(2)10-11-9-12(3-4-13(11)20-14)22(17,18)15-21(16)7-5-19-6-8-21/h3-4,9H,5-8,10H2,1-2H3. The maximum atomic E-state index is 12.5. The van der Waals surface area contributed by atoms with Crippen LogP contribution in [0.2, 0.25) is 0 Å². The van der Waals surface area contributed by atoms with E-state index < -0.39 is 19.8 Å². The van der Waals surface area contributed by atoms with E-state index in [-0.39, 0.29) is 35.2 Å². The van der Waals surface area contributed by atoms with Crippen LogP contribution in [-0.4, -0.2) is 42.9 Å². The monoisotopic (exact) mass is 345 g/mol. The second-order valence-corrected chi connectivity index (χ2v) is 10.5. The van der Waals surface area contributed by atoms with Gasteiger partial charge in [0.15, 0.2) is 0 Å². The van der Waals surface area contributed by atoms with Crippen molar-refractivity contribution in [3.8, 4) is 5.75 Å². The van der Waals surface area contributed by atoms with E-state index in [0.717, 1.165) is 5.56 Å². The lowest BCUT2D eigenvalue weighted by molar-refractivity contribution is 0.138. The minimum atomic E-state index is -3.94. The third-order valence-electron chi connectivity index (χ3n) is 3.66. The van der Waals surface area contributed by atoms with Gasteiger partial charge in [-0.25, -0.2) is 4.21 Å². The van der Waals surface area contributed by atoms with Crippen LogP contribution in [0.5, 0.6) is 5.75 Å². The van der Waals surface area contributed by atoms with E-state index in [1.54, 1.807) is 12.1 Å². The van der Waals surface area contributed by atoms with Gasteiger partial charge < -0.3 is 9.47 Å². The Hall–Kier alpha value is -1.12. The summed E-state index contributed by atoms with van der Waals surface area (Å²) in [6.07, 6.45) is 0.634. The van der Waals surface area contributed by atoms with E-state index in [1.807, 2.05) is 13.8 Å². The second-order valence-electron chi connectivity index (χ2n) is 6.15. The summed E-state index contributed by atoms with van der Waals surface area (Å²) < 4.78 is 51.9. The molecular formula is C14H19NO5S2. The topological polar surface area (TPSA) is 82.0 Å². The molecule has 0 spiro atoms. The Morgan fingerprint density at radius 1 is 1.23 bits per heavy atom. The quantitative estimate of drug-likeness (QED) is 0.813. The third kappa shape index (κ3) is 3.13. The smallest absolute Gasteiger partial charge is 0.290 e. The molecule has 0 unspecified atom stereocenters. The SMILES string of the molecule is CC1(C)Cc2cc(S(=O)(=O)N=S3(=O)CCOCC3)ccc2O1. The molecule has 1 aromatic rings. The second kappa shape index (κ2) is 5.21. The highest BCUT2D eigenvalue weighted by atomic mass is 32.3. The number of sulfonamides is 1. The lowest BCUT2D eigenvalue weighted by atomic mass is 10.0. The predicted octanol–water partition coefficient (Wildman–Crippen LogP) is 1.59. The summed E-state index contributed by atoms with van der Waals surface area (Å²) in [4.78, 5) is 0.0711. The van der Waals surface area contributed by atoms with E-state index in [9.17, 15) is 12.6 Å². The molecule has 2 aliphatic heterocycles. The molecule has 0 aliphatic carbocycles. The third-order valence-corrected chi connectivity index (χ3v) is 7.99. The fourth-order valence-electron chi connectivity index (χ4n) is 2.63. The van der Waals surface area contributed by atoms with Crippen molar-refractivity contribution in [1.29, 1.82) is 0 Å². The van der Waals surface area contributed by atoms with E-state index in [0.29, 0.717) is 12.2 Å². The van der Waals surface area contributed by atoms with Crippen molar-refractivity contribution in [2.24, 2.45) is 3.77 Å². The lowest BCUT2D eigenvalue weighted by Crippen LogP contribution is -2.26. The van der Waals surface area contributed by atoms with Crippen LogP contribution in [0.4, 0.5) is 0 Å². The number of rotatable bonds is 2. The van der Waals surface area contributed by atoms with Gasteiger partial charge in [-0.3, -0.25) is 0 Å². The zero-order chi connectivity index (χ0) is 16.0. The lowest BCUT2D eigenvalue weighted by Gasteiger charge is -2.16. The highest BCUT2D eigenvalue weighted by molar-refractivity contribution is 8.03. The first-order chi connectivity index (χ1) is 10.2. The molecule has 0 amide bonds. The average Bonchev–Trinajstić information content (AvgIpc) is 2.71. The Morgan fingerprint density at radius 3 is 2.59 bits per heavy atom. The molecule has 1 fully saturated rings. The highest BCUT2D eigenvalue weighted by Gasteiger charge is 2.31. The molecule has 1 aromatic carbocycles. The summed E-state index contributed by atoms with van der Waals surface area (Å²) in [5.41, 5.74) is 0.497. The minimum absolute atomic E-state index is 0.0711. The molecule has 8 heteroatoms. The number of ether oxygens (including phenoxy) is 2. The number of nitrogens with zero attached hydrogens (tertiary/aromatic N) is 1. The first-order valence-corrected chi connectivity index (χ1v) is 10.4. The van der Waals surface area contributed by atoms with E-state index >= 15 is 0 Å². The molecule has 0 atom stereocenters. The Bertz CT molecular complexity index is 808. The Morgan fingerprint density at radius 2 is 1.91 bits per heavy atom. The van der Waals surface area contributed by atoms with Crippen LogP contribution in [0.15, 0.2) is 26.9 Å². The Labute approximate surface area is 131 Å². The van der Waals surface area contributed by atoms with Crippen molar-refractivity contribution in [3.05, 3.63) is 23.8 Å². The van der Waals surface area contributed by atoms with E-state index in [4.69, 9.17) is 9.47 Å². The van der Waals surface area contributed by atoms with Crippen LogP contribution in [0.1, 0.15) is 19.4 Å². The molecule has 122 valence electrons. The van der Waals surface area contributed by atoms with Crippen LogP contribution in [0.25, 0.3) is 0 Å². The maximum Gasteiger partial charge on any atom is 0.290 e. The molecule has 2 heterocycles. The number of hydrogen-bond donors (Lipinski definition) is 0. The average molecular weight is 345 g/mol. The summed E-state index contributed by atoms with van der Waals surface area (Å²) in [5.74, 6) is 1.01. The van der Waals surface area contributed by atoms with Crippen LogP contribution in [-0.2, 0) is 30.9 Å². The molecule has 0 radical (unpaired) electrons. The van der Waals surface area contributed by atoms with Crippen LogP contribution >= 0.6 is 0 Å². The molecule has 3 rings (SSSR count). The summed E-state index contributed by atoms with van der Waals surface area (Å²) in [5, 5.41) is 0. The molecular weight excluding hydrogens is 326 g/mol. The van der Waals surface area contributed by atoms with Gasteiger partial charge in [0.05, 0.1) is 39.3 Å². The van der Waals surface area contributed by atoms with Gasteiger partial charge >= 0.3 is 0 Å². The van der Waals surface area contributed by atoms with Crippen molar-refractivity contribution in [2.45, 2.75) is 30.8 Å². The van der Waals surface area contributed by atoms with Gasteiger partial charge in [0, 0.05) is 6.42 Å². The van der Waals surface area contributed by atoms with Gasteiger partial charge in [0.25, 0.3) is 10.0 Å². The first kappa shape index (κ1) is 15.8. The zero-order valence-electron chi connectivity index (χ0n) is 12.6. The van der Waals surface area contributed by atoms with Gasteiger partial charge in [-0.05, 0) is 37.6 Å². The summed E-state index contributed by atoms with van der Waals surface area (Å²) >= 11 is 0. The minimum Gasteiger partial charge on any atom is -0.487 e. The molecule has 1 saturated heterocycles. The predicted molar refractivity (Wildman–Crippen MR) is 83.2 cm³/mol. The molecule has 22 heavy (non-hydrogen) atoms. The van der Waals surface area contributed by atoms with Gasteiger partial charge in [0.1, 0.15) is 11.4 Å². The maximum absolute atomic E-state index is 12.5. The molecule has 0 saturated carbocycles. The normalized spacial score (nSPS) is 22.6. The fourth-order valence-corrected chi connectivity index (χ4v) is 6.49. The van der Waals surface area contributed by atoms with Gasteiger partial charge in [0.2, 0.25) is 0 Å². The molecule has 2 aliphatic rings. The van der Waals surface area contributed by atoms with Gasteiger partial charge in [-0.1, -0.05) is 0 Å². The largest absolute Gasteiger partial charge is 0.487 e. The first-order valence-electron chi connectivity index (χ1n) is 7.08. The molecule has 6 nitrogen and oxygen atoms in total. The summed E-state index contributed by atoms with van der Waals surface area (Å²) in [6, 6.07) is 4.68. The van der Waals surface area contributed by atoms with Crippen molar-refractivity contribution in [2.75, 3.05) is 24.7 Å². The van der Waals surface area contributed by atoms with E-state index in [2.05, 4.69) is 3.77 Å². The van der Waals surface area contributed by atoms with Gasteiger partial charge in [-0.2, -0.15) is 8.42 Å². The van der Waals surface area contributed by atoms with Crippen molar-refractivity contribution in [1.82, 2.24) is 0 Å². The zero-order valence-corrected chi connectivity index (χ0v) is 14.2. The summed E-state index contributed by atoms with van der Waals surface area (Å²) in [6.45, 7) is 4.46.